The molecule has 1 aromatic heterocycles. The summed E-state index contributed by atoms with van der Waals surface area (Å²) in [6.45, 7) is 6.46. The molecule has 0 radical (unpaired) electrons. The van der Waals surface area contributed by atoms with Crippen molar-refractivity contribution in [2.45, 2.75) is 64.9 Å². The number of ether oxygens (including phenoxy) is 1. The molecule has 1 aromatic rings. The maximum absolute atomic E-state index is 6.18. The average Bonchev–Trinajstić information content (AvgIpc) is 2.46. The fourth-order valence-electron chi connectivity index (χ4n) is 2.99. The molecule has 0 spiro atoms. The monoisotopic (exact) mass is 278 g/mol. The molecule has 5 nitrogen and oxygen atoms in total. The van der Waals surface area contributed by atoms with Crippen LogP contribution in [0.2, 0.25) is 0 Å². The van der Waals surface area contributed by atoms with Gasteiger partial charge in [0, 0.05) is 0 Å². The van der Waals surface area contributed by atoms with Crippen molar-refractivity contribution in [3.63, 3.8) is 0 Å². The topological polar surface area (TPSA) is 73.1 Å². The van der Waals surface area contributed by atoms with Gasteiger partial charge in [-0.1, -0.05) is 33.6 Å². The zero-order valence-corrected chi connectivity index (χ0v) is 12.7. The van der Waals surface area contributed by atoms with Gasteiger partial charge in [0.1, 0.15) is 12.4 Å². The second-order valence-corrected chi connectivity index (χ2v) is 5.92. The van der Waals surface area contributed by atoms with Crippen LogP contribution in [-0.4, -0.2) is 16.1 Å². The molecule has 0 bridgehead atoms. The first-order chi connectivity index (χ1) is 9.65. The van der Waals surface area contributed by atoms with Crippen LogP contribution in [0.5, 0.6) is 5.88 Å². The molecule has 3 N–H and O–H groups in total. The number of nitrogens with one attached hydrogen (secondary N) is 1. The molecular weight excluding hydrogens is 252 g/mol. The maximum atomic E-state index is 6.18. The van der Waals surface area contributed by atoms with E-state index in [0.717, 1.165) is 24.3 Å². The zero-order valence-electron chi connectivity index (χ0n) is 12.7. The lowest BCUT2D eigenvalue weighted by atomic mass is 9.85. The fourth-order valence-corrected chi connectivity index (χ4v) is 2.99. The van der Waals surface area contributed by atoms with Gasteiger partial charge in [-0.05, 0) is 31.1 Å². The molecule has 2 unspecified atom stereocenters. The lowest BCUT2D eigenvalue weighted by Gasteiger charge is -2.29. The molecule has 1 fully saturated rings. The molecule has 0 aromatic carbocycles. The maximum Gasteiger partial charge on any atom is 0.222 e. The SMILES string of the molecule is CCC1CCCC(Oc2ncnc(NN)c2C(C)C)C1. The lowest BCUT2D eigenvalue weighted by molar-refractivity contribution is 0.115. The number of hydrogen-bond donors (Lipinski definition) is 2. The Morgan fingerprint density at radius 3 is 2.85 bits per heavy atom. The molecular formula is C15H26N4O. The van der Waals surface area contributed by atoms with E-state index in [1.807, 2.05) is 0 Å². The number of nitrogens with two attached hydrogens (primary N) is 1. The summed E-state index contributed by atoms with van der Waals surface area (Å²) in [6, 6.07) is 0. The largest absolute Gasteiger partial charge is 0.474 e. The van der Waals surface area contributed by atoms with Crippen molar-refractivity contribution in [3.8, 4) is 5.88 Å². The van der Waals surface area contributed by atoms with E-state index in [-0.39, 0.29) is 12.0 Å². The molecule has 0 saturated heterocycles. The van der Waals surface area contributed by atoms with Crippen LogP contribution in [0.4, 0.5) is 5.82 Å². The van der Waals surface area contributed by atoms with E-state index in [2.05, 4.69) is 36.2 Å². The smallest absolute Gasteiger partial charge is 0.222 e. The predicted molar refractivity (Wildman–Crippen MR) is 80.6 cm³/mol. The van der Waals surface area contributed by atoms with E-state index < -0.39 is 0 Å². The highest BCUT2D eigenvalue weighted by Crippen LogP contribution is 2.34. The second-order valence-electron chi connectivity index (χ2n) is 5.92. The summed E-state index contributed by atoms with van der Waals surface area (Å²) in [5, 5.41) is 0. The van der Waals surface area contributed by atoms with E-state index in [1.165, 1.54) is 25.6 Å². The van der Waals surface area contributed by atoms with Gasteiger partial charge < -0.3 is 10.2 Å². The summed E-state index contributed by atoms with van der Waals surface area (Å²) in [5.41, 5.74) is 3.61. The van der Waals surface area contributed by atoms with E-state index in [1.54, 1.807) is 0 Å². The molecule has 1 saturated carbocycles. The van der Waals surface area contributed by atoms with Gasteiger partial charge in [-0.15, -0.1) is 0 Å². The summed E-state index contributed by atoms with van der Waals surface area (Å²) in [5.74, 6) is 7.93. The minimum Gasteiger partial charge on any atom is -0.474 e. The Balaban J connectivity index is 2.16. The van der Waals surface area contributed by atoms with Crippen LogP contribution < -0.4 is 16.0 Å². The van der Waals surface area contributed by atoms with Crippen LogP contribution in [0, 0.1) is 5.92 Å². The van der Waals surface area contributed by atoms with Crippen molar-refractivity contribution in [1.29, 1.82) is 0 Å². The summed E-state index contributed by atoms with van der Waals surface area (Å²) in [6.07, 6.45) is 7.83. The number of rotatable bonds is 5. The van der Waals surface area contributed by atoms with Gasteiger partial charge in [-0.2, -0.15) is 0 Å². The van der Waals surface area contributed by atoms with Gasteiger partial charge in [0.15, 0.2) is 5.82 Å². The number of hydrazine groups is 1. The van der Waals surface area contributed by atoms with Crippen LogP contribution in [0.1, 0.15) is 64.4 Å². The Hall–Kier alpha value is -1.36. The number of anilines is 1. The van der Waals surface area contributed by atoms with E-state index in [4.69, 9.17) is 10.6 Å². The third-order valence-electron chi connectivity index (χ3n) is 4.15. The highest BCUT2D eigenvalue weighted by atomic mass is 16.5. The van der Waals surface area contributed by atoms with E-state index in [0.29, 0.717) is 11.7 Å². The molecule has 20 heavy (non-hydrogen) atoms. The van der Waals surface area contributed by atoms with E-state index in [9.17, 15) is 0 Å². The zero-order chi connectivity index (χ0) is 14.5. The van der Waals surface area contributed by atoms with Crippen molar-refractivity contribution in [1.82, 2.24) is 9.97 Å². The highest BCUT2D eigenvalue weighted by molar-refractivity contribution is 5.49. The van der Waals surface area contributed by atoms with Crippen LogP contribution in [-0.2, 0) is 0 Å². The van der Waals surface area contributed by atoms with Gasteiger partial charge in [0.2, 0.25) is 5.88 Å². The van der Waals surface area contributed by atoms with Crippen LogP contribution >= 0.6 is 0 Å². The molecule has 5 heteroatoms. The first-order valence-corrected chi connectivity index (χ1v) is 7.63. The normalized spacial score (nSPS) is 22.9. The van der Waals surface area contributed by atoms with Crippen molar-refractivity contribution in [2.75, 3.05) is 5.43 Å². The molecule has 1 aliphatic rings. The Bertz CT molecular complexity index is 436. The van der Waals surface area contributed by atoms with Crippen LogP contribution in [0.25, 0.3) is 0 Å². The molecule has 1 aliphatic carbocycles. The molecule has 1 heterocycles. The summed E-state index contributed by atoms with van der Waals surface area (Å²) < 4.78 is 6.18. The van der Waals surface area contributed by atoms with Crippen molar-refractivity contribution in [3.05, 3.63) is 11.9 Å². The predicted octanol–water partition coefficient (Wildman–Crippen LogP) is 3.23. The average molecular weight is 278 g/mol. The van der Waals surface area contributed by atoms with Gasteiger partial charge >= 0.3 is 0 Å². The van der Waals surface area contributed by atoms with Gasteiger partial charge in [0.05, 0.1) is 5.56 Å². The van der Waals surface area contributed by atoms with E-state index >= 15 is 0 Å². The summed E-state index contributed by atoms with van der Waals surface area (Å²) >= 11 is 0. The van der Waals surface area contributed by atoms with Gasteiger partial charge in [0.25, 0.3) is 0 Å². The highest BCUT2D eigenvalue weighted by Gasteiger charge is 2.24. The molecule has 0 amide bonds. The third-order valence-corrected chi connectivity index (χ3v) is 4.15. The van der Waals surface area contributed by atoms with Gasteiger partial charge in [-0.3, -0.25) is 0 Å². The molecule has 112 valence electrons. The molecule has 2 rings (SSSR count). The minimum atomic E-state index is 0.266. The molecule has 0 aliphatic heterocycles. The van der Waals surface area contributed by atoms with Crippen molar-refractivity contribution in [2.24, 2.45) is 11.8 Å². The van der Waals surface area contributed by atoms with Crippen LogP contribution in [0.3, 0.4) is 0 Å². The summed E-state index contributed by atoms with van der Waals surface area (Å²) in [7, 11) is 0. The second kappa shape index (κ2) is 6.88. The fraction of sp³-hybridized carbons (Fsp3) is 0.733. The van der Waals surface area contributed by atoms with Crippen LogP contribution in [0.15, 0.2) is 6.33 Å². The Kier molecular flexibility index (Phi) is 5.17. The molecule has 2 atom stereocenters. The minimum absolute atomic E-state index is 0.266. The Morgan fingerprint density at radius 2 is 2.20 bits per heavy atom. The third kappa shape index (κ3) is 3.39. The standard InChI is InChI=1S/C15H26N4O/c1-4-11-6-5-7-12(8-11)20-15-13(10(2)3)14(19-16)17-9-18-15/h9-12H,4-8,16H2,1-3H3,(H,17,18,19). The number of aromatic nitrogens is 2. The van der Waals surface area contributed by atoms with Crippen molar-refractivity contribution < 1.29 is 4.74 Å². The quantitative estimate of drug-likeness (QED) is 0.639. The Morgan fingerprint density at radius 1 is 1.40 bits per heavy atom. The first kappa shape index (κ1) is 15.0. The number of hydrogen-bond acceptors (Lipinski definition) is 5. The number of nitrogen functional groups attached to an aromatic ring is 1. The first-order valence-electron chi connectivity index (χ1n) is 7.63. The number of nitrogens with zero attached hydrogens (tertiary/aromatic N) is 2. The van der Waals surface area contributed by atoms with Gasteiger partial charge in [-0.25, -0.2) is 15.8 Å². The van der Waals surface area contributed by atoms with Crippen molar-refractivity contribution >= 4 is 5.82 Å². The summed E-state index contributed by atoms with van der Waals surface area (Å²) in [4.78, 5) is 8.50. The Labute approximate surface area is 121 Å². The lowest BCUT2D eigenvalue weighted by Crippen LogP contribution is -2.26.